The molecule has 0 unspecified atom stereocenters. The first-order valence-corrected chi connectivity index (χ1v) is 28.1. The van der Waals surface area contributed by atoms with Gasteiger partial charge in [0, 0.05) is 54.0 Å². The van der Waals surface area contributed by atoms with E-state index in [1.54, 1.807) is 71.3 Å². The molecule has 0 bridgehead atoms. The molecule has 0 radical (unpaired) electrons. The van der Waals surface area contributed by atoms with Gasteiger partial charge in [0.2, 0.25) is 0 Å². The fourth-order valence-corrected chi connectivity index (χ4v) is 14.6. The van der Waals surface area contributed by atoms with Gasteiger partial charge in [-0.3, -0.25) is 4.57 Å². The molecule has 0 saturated carbocycles. The summed E-state index contributed by atoms with van der Waals surface area (Å²) in [4.78, 5) is 4.69. The first-order valence-electron chi connectivity index (χ1n) is 40.1. The van der Waals surface area contributed by atoms with E-state index in [9.17, 15) is 19.2 Å². The molecule has 0 spiro atoms. The maximum Gasteiger partial charge on any atom is 0.268 e. The number of fused-ring (bicyclic) bond motifs is 4. The monoisotopic (exact) mass is 1310 g/mol. The Bertz CT molecular complexity index is 6080. The number of benzene rings is 11. The van der Waals surface area contributed by atoms with Crippen LogP contribution in [0, 0.1) is 25.3 Å². The Morgan fingerprint density at radius 1 is 0.536 bits per heavy atom. The Balaban J connectivity index is 0.0000110. The van der Waals surface area contributed by atoms with Gasteiger partial charge in [-0.25, -0.2) is 4.98 Å². The van der Waals surface area contributed by atoms with E-state index < -0.39 is 187 Å². The molecule has 7 heteroatoms. The number of ether oxygens (including phenoxy) is 1. The predicted octanol–water partition coefficient (Wildman–Crippen LogP) is 15.6. The van der Waals surface area contributed by atoms with E-state index in [0.29, 0.717) is 27.4 Å². The maximum absolute atomic E-state index is 10.0. The molecule has 0 aliphatic carbocycles. The SMILES string of the molecule is [2H]c1c([2H])c([2H])c(-c2ccc3c(c2)n(-c2[c-]c(Oc4[c-]c5c(cc4)c4ccccc4n5-c4cc(C([2H])([2H])[2H])c(-c5c([2H])c([2H])c([2H])c([2H])c5[2H])cn4)ccc2)[c-][n+]3-c2c(-c3cccc(C(C)(C)C)c3)cccc2[Si](c2c([2H])c([2H])c([2H])c([2H])c2[2H])(c2c([2H])c([2H])c([2H])c([2H])c2[2H])c2c([2H])c([2H])c([2H])c([2H])c2[2H])c([2H])c1[2H].[Pt]. The van der Waals surface area contributed by atoms with Crippen molar-refractivity contribution in [3.63, 3.8) is 0 Å². The Labute approximate surface area is 546 Å². The minimum absolute atomic E-state index is 0. The van der Waals surface area contributed by atoms with Crippen LogP contribution >= 0.6 is 0 Å². The number of hydrogen-bond donors (Lipinski definition) is 0. The van der Waals surface area contributed by atoms with Gasteiger partial charge in [-0.2, -0.15) is 18.2 Å². The molecule has 0 saturated heterocycles. The number of pyridine rings is 1. The van der Waals surface area contributed by atoms with Gasteiger partial charge in [-0.05, 0) is 101 Å². The fourth-order valence-electron chi connectivity index (χ4n) is 10.6. The smallest absolute Gasteiger partial charge is 0.268 e. The first kappa shape index (κ1) is 30.7. The van der Waals surface area contributed by atoms with Crippen LogP contribution in [0.5, 0.6) is 11.5 Å². The summed E-state index contributed by atoms with van der Waals surface area (Å²) in [5, 5.41) is -1.31. The van der Waals surface area contributed by atoms with Crippen LogP contribution in [-0.2, 0) is 26.5 Å². The first-order chi connectivity index (χ1) is 52.3. The van der Waals surface area contributed by atoms with Crippen LogP contribution in [0.3, 0.4) is 0 Å². The molecule has 0 aliphatic rings. The average Bonchev–Trinajstić information content (AvgIpc) is 0.721. The van der Waals surface area contributed by atoms with Gasteiger partial charge < -0.3 is 13.9 Å². The molecule has 14 aromatic rings. The van der Waals surface area contributed by atoms with Crippen molar-refractivity contribution < 1.29 is 68.8 Å². The van der Waals surface area contributed by atoms with Crippen LogP contribution in [0.15, 0.2) is 279 Å². The summed E-state index contributed by atoms with van der Waals surface area (Å²) >= 11 is 0. The maximum atomic E-state index is 10.0. The van der Waals surface area contributed by atoms with Crippen molar-refractivity contribution in [2.75, 3.05) is 0 Å². The molecule has 0 fully saturated rings. The second-order valence-corrected chi connectivity index (χ2v) is 23.8. The third kappa shape index (κ3) is 9.61. The molecule has 14 rings (SSSR count). The van der Waals surface area contributed by atoms with Crippen molar-refractivity contribution in [1.29, 1.82) is 0 Å². The summed E-state index contributed by atoms with van der Waals surface area (Å²) < 4.78 is 268. The van der Waals surface area contributed by atoms with Crippen molar-refractivity contribution in [2.45, 2.75) is 33.0 Å². The van der Waals surface area contributed by atoms with Gasteiger partial charge in [0.25, 0.3) is 6.33 Å². The number of aromatic nitrogens is 4. The standard InChI is InChI=1S/C77H58N4OSi.Pt/c1-54-47-75(78-52-69(54)56-27-12-6-13-28-56)81-70-41-21-20-39-67(70)68-45-44-62(51-72(68)81)82-61-32-23-31-60(50-61)79-53-80(71-46-43-57(49-73(71)79)55-25-10-5-11-26-55)76-66(58-29-22-30-59(48-58)77(2,3)4)40-24-42-74(76)83(63-33-14-7-15-34-63,64-35-16-8-17-36-64)65-37-18-9-19-38-65;/h5-49,52H,1-4H3;/q-2;/i1D3,5D,6D,7D,8D,9D,10D,11D,12D,13D,14D,15D,16D,17D,18D,19D,25D,26D,27D,28D,33D,34D,35D,36D,37D,38D;. The molecule has 0 atom stereocenters. The summed E-state index contributed by atoms with van der Waals surface area (Å²) in [7, 11) is -6.01. The molecule has 84 heavy (non-hydrogen) atoms. The van der Waals surface area contributed by atoms with Gasteiger partial charge >= 0.3 is 0 Å². The zero-order valence-corrected chi connectivity index (χ0v) is 47.9. The molecule has 0 amide bonds. The average molecular weight is 1310 g/mol. The number of imidazole rings is 1. The van der Waals surface area contributed by atoms with Crippen LogP contribution < -0.4 is 30.1 Å². The van der Waals surface area contributed by atoms with Crippen LogP contribution in [0.25, 0.3) is 83.4 Å². The fraction of sp³-hybridized carbons (Fsp3) is 0.0649. The summed E-state index contributed by atoms with van der Waals surface area (Å²) in [5.74, 6) is 0.0883. The van der Waals surface area contributed by atoms with Gasteiger partial charge in [0.1, 0.15) is 5.82 Å². The zero-order chi connectivity index (χ0) is 80.3. The summed E-state index contributed by atoms with van der Waals surface area (Å²) in [6.45, 7) is 2.95. The summed E-state index contributed by atoms with van der Waals surface area (Å²) in [6.07, 6.45) is 4.59. The van der Waals surface area contributed by atoms with Gasteiger partial charge in [-0.1, -0.05) is 250 Å². The van der Waals surface area contributed by atoms with E-state index in [2.05, 4.69) is 23.4 Å². The Hall–Kier alpha value is -9.45. The molecule has 11 aromatic carbocycles. The third-order valence-corrected chi connectivity index (χ3v) is 18.6. The van der Waals surface area contributed by atoms with E-state index in [1.165, 1.54) is 45.5 Å². The molecule has 3 aromatic heterocycles. The Kier molecular flexibility index (Phi) is 8.18. The molecule has 0 N–H and O–H groups in total. The van der Waals surface area contributed by atoms with Crippen LogP contribution in [-0.4, -0.2) is 22.2 Å². The quantitative estimate of drug-likeness (QED) is 0.0529. The molecule has 5 nitrogen and oxygen atoms in total. The zero-order valence-electron chi connectivity index (χ0n) is 72.6. The van der Waals surface area contributed by atoms with E-state index in [1.807, 2.05) is 39.0 Å². The topological polar surface area (TPSA) is 35.9 Å². The second-order valence-electron chi connectivity index (χ2n) is 20.3. The third-order valence-electron chi connectivity index (χ3n) is 14.4. The number of nitrogens with zero attached hydrogens (tertiary/aromatic N) is 4. The van der Waals surface area contributed by atoms with Crippen molar-refractivity contribution in [1.82, 2.24) is 14.1 Å². The van der Waals surface area contributed by atoms with E-state index in [0.717, 1.165) is 11.8 Å². The summed E-state index contributed by atoms with van der Waals surface area (Å²) in [6, 6.07) is 18.0. The minimum Gasteiger partial charge on any atom is -0.510 e. The Morgan fingerprint density at radius 3 is 1.85 bits per heavy atom. The van der Waals surface area contributed by atoms with Gasteiger partial charge in [-0.15, -0.1) is 29.7 Å². The van der Waals surface area contributed by atoms with E-state index in [4.69, 9.17) is 23.9 Å². The van der Waals surface area contributed by atoms with Gasteiger partial charge in [0.15, 0.2) is 8.07 Å². The number of para-hydroxylation sites is 2. The normalized spacial score (nSPS) is 16.6. The van der Waals surface area contributed by atoms with Crippen LogP contribution in [0.2, 0.25) is 0 Å². The van der Waals surface area contributed by atoms with Crippen molar-refractivity contribution >= 4 is 61.7 Å². The second kappa shape index (κ2) is 22.4. The van der Waals surface area contributed by atoms with E-state index >= 15 is 0 Å². The number of aryl methyl sites for hydroxylation is 1. The van der Waals surface area contributed by atoms with Crippen LogP contribution in [0.1, 0.15) is 70.3 Å². The van der Waals surface area contributed by atoms with E-state index in [-0.39, 0.29) is 99.4 Å². The molecular formula is C77H58N4OPtSi-2. The number of hydrogen-bond acceptors (Lipinski definition) is 2. The molecule has 408 valence electrons. The molecular weight excluding hydrogens is 1220 g/mol. The van der Waals surface area contributed by atoms with Gasteiger partial charge in [0.05, 0.1) is 51.0 Å². The van der Waals surface area contributed by atoms with Crippen molar-refractivity contribution in [3.8, 4) is 62.1 Å². The largest absolute Gasteiger partial charge is 0.510 e. The van der Waals surface area contributed by atoms with Crippen molar-refractivity contribution in [3.05, 3.63) is 308 Å². The number of rotatable bonds is 12. The Morgan fingerprint density at radius 2 is 1.17 bits per heavy atom. The molecule has 3 heterocycles. The molecule has 0 aliphatic heterocycles. The summed E-state index contributed by atoms with van der Waals surface area (Å²) in [5.41, 5.74) is 0.643. The van der Waals surface area contributed by atoms with Crippen LogP contribution in [0.4, 0.5) is 0 Å². The minimum atomic E-state index is -6.01. The predicted molar refractivity (Wildman–Crippen MR) is 343 cm³/mol. The van der Waals surface area contributed by atoms with Crippen molar-refractivity contribution in [2.24, 2.45) is 0 Å².